The fourth-order valence-corrected chi connectivity index (χ4v) is 0.672. The van der Waals surface area contributed by atoms with E-state index in [9.17, 15) is 4.79 Å². The summed E-state index contributed by atoms with van der Waals surface area (Å²) in [5, 5.41) is 14.8. The monoisotopic (exact) mass is 204 g/mol. The lowest BCUT2D eigenvalue weighted by molar-refractivity contribution is -0.159. The Morgan fingerprint density at radius 2 is 1.79 bits per heavy atom. The number of carboxylic acids is 2. The highest BCUT2D eigenvalue weighted by molar-refractivity contribution is 6.27. The molecule has 1 atom stereocenters. The lowest BCUT2D eigenvalue weighted by atomic mass is 10.2. The summed E-state index contributed by atoms with van der Waals surface area (Å²) < 4.78 is 4.58. The highest BCUT2D eigenvalue weighted by atomic mass is 16.6. The van der Waals surface area contributed by atoms with Crippen molar-refractivity contribution in [2.75, 3.05) is 0 Å². The van der Waals surface area contributed by atoms with Crippen LogP contribution in [0.2, 0.25) is 0 Å². The summed E-state index contributed by atoms with van der Waals surface area (Å²) in [5.41, 5.74) is 0. The van der Waals surface area contributed by atoms with Crippen molar-refractivity contribution >= 4 is 17.9 Å². The molecule has 1 fully saturated rings. The first-order valence-corrected chi connectivity index (χ1v) is 4.15. The Labute approximate surface area is 80.5 Å². The summed E-state index contributed by atoms with van der Waals surface area (Å²) in [7, 11) is 0. The van der Waals surface area contributed by atoms with Crippen LogP contribution in [0.15, 0.2) is 0 Å². The van der Waals surface area contributed by atoms with Gasteiger partial charge in [-0.3, -0.25) is 0 Å². The molecule has 2 N–H and O–H groups in total. The van der Waals surface area contributed by atoms with Crippen LogP contribution in [0.5, 0.6) is 0 Å². The largest absolute Gasteiger partial charge is 0.473 e. The third-order valence-corrected chi connectivity index (χ3v) is 1.47. The first-order chi connectivity index (χ1) is 6.49. The van der Waals surface area contributed by atoms with Crippen LogP contribution in [0.1, 0.15) is 26.2 Å². The SMILES string of the molecule is CCCCC1OC1=O.O=C(O)C(=O)O. The number of cyclic esters (lactones) is 1. The van der Waals surface area contributed by atoms with Crippen molar-refractivity contribution < 1.29 is 29.3 Å². The molecule has 0 spiro atoms. The molecule has 0 aromatic carbocycles. The molecule has 1 aliphatic heterocycles. The zero-order valence-electron chi connectivity index (χ0n) is 7.73. The van der Waals surface area contributed by atoms with Crippen molar-refractivity contribution in [2.24, 2.45) is 0 Å². The lowest BCUT2D eigenvalue weighted by Crippen LogP contribution is -2.09. The van der Waals surface area contributed by atoms with E-state index in [0.717, 1.165) is 19.3 Å². The van der Waals surface area contributed by atoms with Crippen LogP contribution >= 0.6 is 0 Å². The molecule has 1 unspecified atom stereocenters. The maximum absolute atomic E-state index is 10.2. The Balaban J connectivity index is 0.000000255. The molecule has 14 heavy (non-hydrogen) atoms. The van der Waals surface area contributed by atoms with Gasteiger partial charge < -0.3 is 14.9 Å². The molecular weight excluding hydrogens is 192 g/mol. The van der Waals surface area contributed by atoms with Crippen LogP contribution < -0.4 is 0 Å². The van der Waals surface area contributed by atoms with E-state index in [2.05, 4.69) is 11.7 Å². The normalized spacial score (nSPS) is 17.5. The van der Waals surface area contributed by atoms with Gasteiger partial charge in [0, 0.05) is 0 Å². The van der Waals surface area contributed by atoms with E-state index < -0.39 is 11.9 Å². The predicted molar refractivity (Wildman–Crippen MR) is 44.7 cm³/mol. The van der Waals surface area contributed by atoms with Crippen molar-refractivity contribution in [3.8, 4) is 0 Å². The molecule has 1 rings (SSSR count). The Kier molecular flexibility index (Phi) is 5.28. The van der Waals surface area contributed by atoms with E-state index in [1.165, 1.54) is 0 Å². The van der Waals surface area contributed by atoms with Gasteiger partial charge >= 0.3 is 17.9 Å². The smallest absolute Gasteiger partial charge is 0.414 e. The molecule has 0 saturated carbocycles. The fraction of sp³-hybridized carbons (Fsp3) is 0.625. The van der Waals surface area contributed by atoms with E-state index in [1.54, 1.807) is 0 Å². The average molecular weight is 204 g/mol. The van der Waals surface area contributed by atoms with Crippen molar-refractivity contribution in [3.63, 3.8) is 0 Å². The molecule has 0 aromatic heterocycles. The highest BCUT2D eigenvalue weighted by Gasteiger charge is 2.36. The van der Waals surface area contributed by atoms with Crippen LogP contribution in [0.3, 0.4) is 0 Å². The summed E-state index contributed by atoms with van der Waals surface area (Å²) in [5.74, 6) is -3.66. The summed E-state index contributed by atoms with van der Waals surface area (Å²) in [6.07, 6.45) is 3.16. The molecule has 6 nitrogen and oxygen atoms in total. The molecule has 0 aromatic rings. The van der Waals surface area contributed by atoms with E-state index >= 15 is 0 Å². The average Bonchev–Trinajstić information content (AvgIpc) is 2.79. The molecule has 1 saturated heterocycles. The second-order valence-corrected chi connectivity index (χ2v) is 2.68. The van der Waals surface area contributed by atoms with Crippen LogP contribution in [0, 0.1) is 0 Å². The molecule has 1 aliphatic rings. The number of hydrogen-bond donors (Lipinski definition) is 2. The minimum Gasteiger partial charge on any atom is -0.473 e. The summed E-state index contributed by atoms with van der Waals surface area (Å²) in [6, 6.07) is 0. The lowest BCUT2D eigenvalue weighted by Gasteiger charge is -1.84. The van der Waals surface area contributed by atoms with Crippen LogP contribution in [-0.4, -0.2) is 34.2 Å². The second-order valence-electron chi connectivity index (χ2n) is 2.68. The number of hydrogen-bond acceptors (Lipinski definition) is 4. The molecule has 0 radical (unpaired) electrons. The number of ether oxygens (including phenoxy) is 1. The number of rotatable bonds is 3. The standard InChI is InChI=1S/C6H10O2.C2H2O4/c1-2-3-4-5-6(7)8-5;3-1(4)2(5)6/h5H,2-4H2,1H3;(H,3,4)(H,5,6). The third-order valence-electron chi connectivity index (χ3n) is 1.47. The van der Waals surface area contributed by atoms with Gasteiger partial charge in [-0.1, -0.05) is 13.3 Å². The van der Waals surface area contributed by atoms with Gasteiger partial charge in [0.1, 0.15) is 0 Å². The van der Waals surface area contributed by atoms with Crippen molar-refractivity contribution in [3.05, 3.63) is 0 Å². The van der Waals surface area contributed by atoms with E-state index in [4.69, 9.17) is 19.8 Å². The first-order valence-electron chi connectivity index (χ1n) is 4.15. The quantitative estimate of drug-likeness (QED) is 0.504. The minimum atomic E-state index is -1.82. The maximum atomic E-state index is 10.2. The number of carboxylic acid groups (broad SMARTS) is 2. The van der Waals surface area contributed by atoms with Crippen LogP contribution in [-0.2, 0) is 19.1 Å². The molecule has 0 amide bonds. The topological polar surface area (TPSA) is 104 Å². The molecule has 0 bridgehead atoms. The van der Waals surface area contributed by atoms with Gasteiger partial charge in [-0.05, 0) is 12.8 Å². The highest BCUT2D eigenvalue weighted by Crippen LogP contribution is 2.18. The van der Waals surface area contributed by atoms with E-state index in [-0.39, 0.29) is 12.1 Å². The molecule has 0 aliphatic carbocycles. The first kappa shape index (κ1) is 12.4. The summed E-state index contributed by atoms with van der Waals surface area (Å²) >= 11 is 0. The van der Waals surface area contributed by atoms with Gasteiger partial charge in [-0.15, -0.1) is 0 Å². The van der Waals surface area contributed by atoms with Crippen molar-refractivity contribution in [1.29, 1.82) is 0 Å². The van der Waals surface area contributed by atoms with Crippen LogP contribution in [0.4, 0.5) is 0 Å². The van der Waals surface area contributed by atoms with Crippen molar-refractivity contribution in [1.82, 2.24) is 0 Å². The Morgan fingerprint density at radius 3 is 2.00 bits per heavy atom. The number of carbonyl (C=O) groups is 3. The summed E-state index contributed by atoms with van der Waals surface area (Å²) in [4.78, 5) is 28.4. The van der Waals surface area contributed by atoms with Gasteiger partial charge in [0.2, 0.25) is 0 Å². The molecule has 6 heteroatoms. The van der Waals surface area contributed by atoms with Crippen LogP contribution in [0.25, 0.3) is 0 Å². The van der Waals surface area contributed by atoms with Gasteiger partial charge in [0.25, 0.3) is 0 Å². The van der Waals surface area contributed by atoms with Gasteiger partial charge in [0.05, 0.1) is 0 Å². The molecule has 80 valence electrons. The zero-order chi connectivity index (χ0) is 11.1. The van der Waals surface area contributed by atoms with E-state index in [1.807, 2.05) is 0 Å². The van der Waals surface area contributed by atoms with Gasteiger partial charge in [0.15, 0.2) is 6.10 Å². The second kappa shape index (κ2) is 5.95. The Bertz CT molecular complexity index is 222. The van der Waals surface area contributed by atoms with Gasteiger partial charge in [-0.2, -0.15) is 0 Å². The van der Waals surface area contributed by atoms with Crippen molar-refractivity contribution in [2.45, 2.75) is 32.3 Å². The Morgan fingerprint density at radius 1 is 1.36 bits per heavy atom. The number of aliphatic carboxylic acids is 2. The Hall–Kier alpha value is -1.59. The third kappa shape index (κ3) is 5.99. The molecular formula is C8H12O6. The van der Waals surface area contributed by atoms with Gasteiger partial charge in [-0.25, -0.2) is 14.4 Å². The predicted octanol–water partition coefficient (Wildman–Crippen LogP) is 0.258. The number of epoxide rings is 1. The zero-order valence-corrected chi connectivity index (χ0v) is 7.73. The fourth-order valence-electron chi connectivity index (χ4n) is 0.672. The molecule has 1 heterocycles. The minimum absolute atomic E-state index is 0.0153. The van der Waals surface area contributed by atoms with E-state index in [0.29, 0.717) is 0 Å². The number of unbranched alkanes of at least 4 members (excludes halogenated alkanes) is 1. The summed E-state index contributed by atoms with van der Waals surface area (Å²) in [6.45, 7) is 2.10. The maximum Gasteiger partial charge on any atom is 0.414 e. The number of carbonyl (C=O) groups excluding carboxylic acids is 1.